The lowest BCUT2D eigenvalue weighted by Crippen LogP contribution is -2.46. The minimum Gasteiger partial charge on any atom is -0.353 e. The summed E-state index contributed by atoms with van der Waals surface area (Å²) < 4.78 is 0. The largest absolute Gasteiger partial charge is 0.353 e. The average molecular weight is 413 g/mol. The zero-order valence-corrected chi connectivity index (χ0v) is 17.4. The fraction of sp³-hybridized carbons (Fsp3) is 0.368. The number of aryl methyl sites for hydroxylation is 2. The highest BCUT2D eigenvalue weighted by atomic mass is 32.1. The SMILES string of the molecule is Cc1sc2nc(CN3CCN(c4ncnc5sccc45)CC3)[nH]c(=O)c2c1C. The standard InChI is InChI=1S/C19H20N6OS2/c1-11-12(2)28-19-15(11)17(26)22-14(23-19)9-24-4-6-25(7-5-24)16-13-3-8-27-18(13)21-10-20-16/h3,8,10H,4-7,9H2,1-2H3,(H,22,23,26). The predicted molar refractivity (Wildman–Crippen MR) is 115 cm³/mol. The van der Waals surface area contributed by atoms with Crippen molar-refractivity contribution in [3.8, 4) is 0 Å². The van der Waals surface area contributed by atoms with E-state index in [9.17, 15) is 4.79 Å². The van der Waals surface area contributed by atoms with Gasteiger partial charge in [-0.25, -0.2) is 15.0 Å². The van der Waals surface area contributed by atoms with Crippen LogP contribution in [-0.4, -0.2) is 51.0 Å². The molecule has 0 aromatic carbocycles. The topological polar surface area (TPSA) is 78.0 Å². The molecule has 1 aliphatic heterocycles. The Morgan fingerprint density at radius 3 is 2.79 bits per heavy atom. The van der Waals surface area contributed by atoms with E-state index in [0.717, 1.165) is 68.7 Å². The van der Waals surface area contributed by atoms with Crippen molar-refractivity contribution in [1.82, 2.24) is 24.8 Å². The van der Waals surface area contributed by atoms with Crippen LogP contribution in [0.3, 0.4) is 0 Å². The van der Waals surface area contributed by atoms with Crippen molar-refractivity contribution in [2.45, 2.75) is 20.4 Å². The third kappa shape index (κ3) is 2.99. The number of aromatic amines is 1. The second kappa shape index (κ2) is 6.91. The summed E-state index contributed by atoms with van der Waals surface area (Å²) >= 11 is 3.24. The molecule has 0 amide bonds. The maximum absolute atomic E-state index is 12.5. The van der Waals surface area contributed by atoms with Gasteiger partial charge in [0.25, 0.3) is 5.56 Å². The summed E-state index contributed by atoms with van der Waals surface area (Å²) in [6.45, 7) is 8.28. The number of fused-ring (bicyclic) bond motifs is 2. The summed E-state index contributed by atoms with van der Waals surface area (Å²) in [5.74, 6) is 1.76. The lowest BCUT2D eigenvalue weighted by molar-refractivity contribution is 0.244. The highest BCUT2D eigenvalue weighted by molar-refractivity contribution is 7.18. The van der Waals surface area contributed by atoms with Gasteiger partial charge in [0.2, 0.25) is 0 Å². The molecule has 4 aromatic heterocycles. The molecule has 0 unspecified atom stereocenters. The van der Waals surface area contributed by atoms with Crippen LogP contribution in [0.4, 0.5) is 5.82 Å². The number of nitrogens with zero attached hydrogens (tertiary/aromatic N) is 5. The summed E-state index contributed by atoms with van der Waals surface area (Å²) in [5.41, 5.74) is 1.01. The number of aromatic nitrogens is 4. The third-order valence-electron chi connectivity index (χ3n) is 5.37. The molecule has 1 N–H and O–H groups in total. The van der Waals surface area contributed by atoms with Crippen LogP contribution in [0.2, 0.25) is 0 Å². The molecule has 0 bridgehead atoms. The summed E-state index contributed by atoms with van der Waals surface area (Å²) in [6.07, 6.45) is 1.65. The van der Waals surface area contributed by atoms with Gasteiger partial charge in [-0.05, 0) is 30.9 Å². The van der Waals surface area contributed by atoms with E-state index < -0.39 is 0 Å². The highest BCUT2D eigenvalue weighted by Gasteiger charge is 2.21. The van der Waals surface area contributed by atoms with E-state index >= 15 is 0 Å². The highest BCUT2D eigenvalue weighted by Crippen LogP contribution is 2.28. The first-order chi connectivity index (χ1) is 13.6. The monoisotopic (exact) mass is 412 g/mol. The fourth-order valence-electron chi connectivity index (χ4n) is 3.73. The normalized spacial score (nSPS) is 15.7. The molecule has 0 spiro atoms. The van der Waals surface area contributed by atoms with Crippen LogP contribution in [0.5, 0.6) is 0 Å². The van der Waals surface area contributed by atoms with E-state index in [4.69, 9.17) is 4.98 Å². The maximum atomic E-state index is 12.5. The van der Waals surface area contributed by atoms with Gasteiger partial charge >= 0.3 is 0 Å². The van der Waals surface area contributed by atoms with Crippen molar-refractivity contribution in [1.29, 1.82) is 0 Å². The predicted octanol–water partition coefficient (Wildman–Crippen LogP) is 2.93. The molecule has 0 aliphatic carbocycles. The van der Waals surface area contributed by atoms with Crippen molar-refractivity contribution >= 4 is 48.9 Å². The van der Waals surface area contributed by atoms with Gasteiger partial charge in [-0.1, -0.05) is 0 Å². The number of nitrogens with one attached hydrogen (secondary N) is 1. The minimum atomic E-state index is -0.0266. The zero-order valence-electron chi connectivity index (χ0n) is 15.7. The first-order valence-corrected chi connectivity index (χ1v) is 10.9. The van der Waals surface area contributed by atoms with Crippen molar-refractivity contribution in [2.75, 3.05) is 31.1 Å². The van der Waals surface area contributed by atoms with Crippen LogP contribution in [0.25, 0.3) is 20.4 Å². The Balaban J connectivity index is 1.32. The van der Waals surface area contributed by atoms with Crippen LogP contribution in [-0.2, 0) is 6.54 Å². The smallest absolute Gasteiger partial charge is 0.259 e. The van der Waals surface area contributed by atoms with E-state index in [1.807, 2.05) is 13.8 Å². The van der Waals surface area contributed by atoms with Crippen LogP contribution < -0.4 is 10.5 Å². The third-order valence-corrected chi connectivity index (χ3v) is 7.30. The van der Waals surface area contributed by atoms with Crippen molar-refractivity contribution in [3.63, 3.8) is 0 Å². The van der Waals surface area contributed by atoms with Crippen molar-refractivity contribution in [2.24, 2.45) is 0 Å². The average Bonchev–Trinajstić information content (AvgIpc) is 3.27. The van der Waals surface area contributed by atoms with E-state index in [-0.39, 0.29) is 5.56 Å². The molecule has 1 aliphatic rings. The Morgan fingerprint density at radius 1 is 1.14 bits per heavy atom. The van der Waals surface area contributed by atoms with Crippen molar-refractivity contribution in [3.05, 3.63) is 44.4 Å². The van der Waals surface area contributed by atoms with Gasteiger partial charge in [0.15, 0.2) is 0 Å². The van der Waals surface area contributed by atoms with Gasteiger partial charge in [-0.3, -0.25) is 9.69 Å². The lowest BCUT2D eigenvalue weighted by atomic mass is 10.2. The van der Waals surface area contributed by atoms with Crippen LogP contribution in [0.1, 0.15) is 16.3 Å². The summed E-state index contributed by atoms with van der Waals surface area (Å²) in [6, 6.07) is 2.09. The second-order valence-corrected chi connectivity index (χ2v) is 9.17. The molecule has 0 radical (unpaired) electrons. The number of piperazine rings is 1. The first kappa shape index (κ1) is 17.7. The minimum absolute atomic E-state index is 0.0266. The Hall–Kier alpha value is -2.36. The molecule has 9 heteroatoms. The quantitative estimate of drug-likeness (QED) is 0.557. The number of H-pyrrole nitrogens is 1. The second-order valence-electron chi connectivity index (χ2n) is 7.08. The molecule has 7 nitrogen and oxygen atoms in total. The van der Waals surface area contributed by atoms with Gasteiger partial charge in [0.05, 0.1) is 17.3 Å². The molecule has 0 atom stereocenters. The maximum Gasteiger partial charge on any atom is 0.259 e. The van der Waals surface area contributed by atoms with E-state index in [0.29, 0.717) is 6.54 Å². The number of anilines is 1. The van der Waals surface area contributed by atoms with E-state index in [1.165, 1.54) is 0 Å². The molecule has 5 heterocycles. The van der Waals surface area contributed by atoms with Gasteiger partial charge < -0.3 is 9.88 Å². The van der Waals surface area contributed by atoms with Crippen molar-refractivity contribution < 1.29 is 0 Å². The molecule has 0 saturated carbocycles. The fourth-order valence-corrected chi connectivity index (χ4v) is 5.51. The number of rotatable bonds is 3. The molecule has 4 aromatic rings. The number of hydrogen-bond acceptors (Lipinski definition) is 8. The zero-order chi connectivity index (χ0) is 19.3. The van der Waals surface area contributed by atoms with Gasteiger partial charge in [-0.2, -0.15) is 0 Å². The Bertz CT molecular complexity index is 1220. The summed E-state index contributed by atoms with van der Waals surface area (Å²) in [4.78, 5) is 36.7. The van der Waals surface area contributed by atoms with Crippen LogP contribution >= 0.6 is 22.7 Å². The molecule has 1 fully saturated rings. The number of hydrogen-bond donors (Lipinski definition) is 1. The number of thiophene rings is 2. The van der Waals surface area contributed by atoms with Crippen LogP contribution in [0, 0.1) is 13.8 Å². The molecular formula is C19H20N6OS2. The van der Waals surface area contributed by atoms with Gasteiger partial charge in [0, 0.05) is 31.1 Å². The van der Waals surface area contributed by atoms with E-state index in [2.05, 4.69) is 36.2 Å². The Labute approximate surface area is 169 Å². The summed E-state index contributed by atoms with van der Waals surface area (Å²) in [7, 11) is 0. The molecule has 5 rings (SSSR count). The van der Waals surface area contributed by atoms with Gasteiger partial charge in [0.1, 0.15) is 27.6 Å². The molecular weight excluding hydrogens is 392 g/mol. The Morgan fingerprint density at radius 2 is 1.96 bits per heavy atom. The Kier molecular flexibility index (Phi) is 4.37. The molecule has 144 valence electrons. The molecule has 28 heavy (non-hydrogen) atoms. The van der Waals surface area contributed by atoms with Gasteiger partial charge in [-0.15, -0.1) is 22.7 Å². The van der Waals surface area contributed by atoms with E-state index in [1.54, 1.807) is 29.0 Å². The lowest BCUT2D eigenvalue weighted by Gasteiger charge is -2.35. The first-order valence-electron chi connectivity index (χ1n) is 9.24. The molecule has 1 saturated heterocycles. The van der Waals surface area contributed by atoms with Crippen LogP contribution in [0.15, 0.2) is 22.6 Å². The summed E-state index contributed by atoms with van der Waals surface area (Å²) in [5, 5.41) is 3.92.